The zero-order chi connectivity index (χ0) is 15.2. The SMILES string of the molecule is CNc1nc(C2CC2)nc(NC2CC(OC)C2(C)C)c1C. The minimum atomic E-state index is 0.131. The van der Waals surface area contributed by atoms with Gasteiger partial charge in [0.2, 0.25) is 0 Å². The molecular formula is C16H26N4O. The zero-order valence-corrected chi connectivity index (χ0v) is 13.7. The standard InChI is InChI=1S/C16H26N4O/c1-9-13(17-4)19-15(10-6-7-10)20-14(9)18-11-8-12(21-5)16(11,2)3/h10-12H,6-8H2,1-5H3,(H2,17,18,19,20). The van der Waals surface area contributed by atoms with E-state index >= 15 is 0 Å². The summed E-state index contributed by atoms with van der Waals surface area (Å²) < 4.78 is 5.53. The van der Waals surface area contributed by atoms with Gasteiger partial charge in [0.25, 0.3) is 0 Å². The van der Waals surface area contributed by atoms with E-state index in [0.717, 1.165) is 29.4 Å². The molecule has 5 heteroatoms. The highest BCUT2D eigenvalue weighted by molar-refractivity contribution is 5.58. The highest BCUT2D eigenvalue weighted by Gasteiger charge is 2.49. The van der Waals surface area contributed by atoms with Gasteiger partial charge in [-0.2, -0.15) is 0 Å². The number of anilines is 2. The van der Waals surface area contributed by atoms with E-state index < -0.39 is 0 Å². The minimum absolute atomic E-state index is 0.131. The molecule has 2 saturated carbocycles. The van der Waals surface area contributed by atoms with Crippen molar-refractivity contribution in [3.8, 4) is 0 Å². The molecule has 2 unspecified atom stereocenters. The van der Waals surface area contributed by atoms with Crippen LogP contribution in [0, 0.1) is 12.3 Å². The first kappa shape index (κ1) is 14.6. The number of rotatable bonds is 5. The van der Waals surface area contributed by atoms with Crippen LogP contribution in [0.25, 0.3) is 0 Å². The van der Waals surface area contributed by atoms with Crippen molar-refractivity contribution in [3.05, 3.63) is 11.4 Å². The molecule has 1 heterocycles. The van der Waals surface area contributed by atoms with Crippen LogP contribution in [-0.4, -0.2) is 36.3 Å². The number of methoxy groups -OCH3 is 1. The Morgan fingerprint density at radius 1 is 1.19 bits per heavy atom. The molecule has 0 aromatic carbocycles. The third kappa shape index (κ3) is 2.48. The van der Waals surface area contributed by atoms with E-state index in [1.165, 1.54) is 12.8 Å². The number of hydrogen-bond acceptors (Lipinski definition) is 5. The van der Waals surface area contributed by atoms with Gasteiger partial charge in [0.1, 0.15) is 17.5 Å². The lowest BCUT2D eigenvalue weighted by Crippen LogP contribution is -2.57. The molecule has 0 spiro atoms. The Kier molecular flexibility index (Phi) is 3.56. The van der Waals surface area contributed by atoms with Crippen LogP contribution in [0.15, 0.2) is 0 Å². The van der Waals surface area contributed by atoms with Gasteiger partial charge in [0.05, 0.1) is 6.10 Å². The Balaban J connectivity index is 1.83. The number of nitrogens with one attached hydrogen (secondary N) is 2. The van der Waals surface area contributed by atoms with Gasteiger partial charge in [0.15, 0.2) is 0 Å². The average molecular weight is 290 g/mol. The first-order chi connectivity index (χ1) is 9.97. The normalized spacial score (nSPS) is 27.1. The maximum atomic E-state index is 5.53. The zero-order valence-electron chi connectivity index (χ0n) is 13.7. The van der Waals surface area contributed by atoms with Crippen molar-refractivity contribution in [2.24, 2.45) is 5.41 Å². The lowest BCUT2D eigenvalue weighted by atomic mass is 9.64. The summed E-state index contributed by atoms with van der Waals surface area (Å²) in [5, 5.41) is 6.82. The molecule has 1 aromatic rings. The first-order valence-electron chi connectivity index (χ1n) is 7.83. The maximum Gasteiger partial charge on any atom is 0.136 e. The van der Waals surface area contributed by atoms with Crippen molar-refractivity contribution in [2.75, 3.05) is 24.8 Å². The molecule has 3 rings (SSSR count). The van der Waals surface area contributed by atoms with Crippen molar-refractivity contribution < 1.29 is 4.74 Å². The second-order valence-corrected chi connectivity index (χ2v) is 6.91. The largest absolute Gasteiger partial charge is 0.381 e. The third-order valence-corrected chi connectivity index (χ3v) is 5.12. The highest BCUT2D eigenvalue weighted by Crippen LogP contribution is 2.45. The summed E-state index contributed by atoms with van der Waals surface area (Å²) in [4.78, 5) is 9.42. The van der Waals surface area contributed by atoms with Crippen LogP contribution >= 0.6 is 0 Å². The molecule has 2 atom stereocenters. The molecule has 0 bridgehead atoms. The number of aromatic nitrogens is 2. The predicted molar refractivity (Wildman–Crippen MR) is 84.9 cm³/mol. The molecule has 1 aromatic heterocycles. The van der Waals surface area contributed by atoms with Crippen molar-refractivity contribution in [1.29, 1.82) is 0 Å². The topological polar surface area (TPSA) is 59.1 Å². The van der Waals surface area contributed by atoms with Crippen molar-refractivity contribution in [3.63, 3.8) is 0 Å². The minimum Gasteiger partial charge on any atom is -0.381 e. The van der Waals surface area contributed by atoms with E-state index in [1.807, 2.05) is 7.05 Å². The molecule has 0 amide bonds. The Hall–Kier alpha value is -1.36. The molecule has 116 valence electrons. The summed E-state index contributed by atoms with van der Waals surface area (Å²) in [5.74, 6) is 3.45. The summed E-state index contributed by atoms with van der Waals surface area (Å²) in [6.07, 6.45) is 3.78. The molecule has 2 N–H and O–H groups in total. The molecule has 2 fully saturated rings. The van der Waals surface area contributed by atoms with Crippen molar-refractivity contribution in [1.82, 2.24) is 9.97 Å². The van der Waals surface area contributed by atoms with Gasteiger partial charge < -0.3 is 15.4 Å². The molecule has 2 aliphatic rings. The molecule has 0 radical (unpaired) electrons. The first-order valence-corrected chi connectivity index (χ1v) is 7.83. The summed E-state index contributed by atoms with van der Waals surface area (Å²) in [7, 11) is 3.72. The molecule has 21 heavy (non-hydrogen) atoms. The van der Waals surface area contributed by atoms with Crippen LogP contribution < -0.4 is 10.6 Å². The van der Waals surface area contributed by atoms with Gasteiger partial charge >= 0.3 is 0 Å². The van der Waals surface area contributed by atoms with Gasteiger partial charge in [-0.1, -0.05) is 13.8 Å². The van der Waals surface area contributed by atoms with Crippen LogP contribution in [0.1, 0.15) is 50.4 Å². The average Bonchev–Trinajstić information content (AvgIpc) is 3.29. The molecular weight excluding hydrogens is 264 g/mol. The van der Waals surface area contributed by atoms with Crippen molar-refractivity contribution in [2.45, 2.75) is 58.1 Å². The summed E-state index contributed by atoms with van der Waals surface area (Å²) in [6.45, 7) is 6.57. The van der Waals surface area contributed by atoms with Crippen LogP contribution in [0.3, 0.4) is 0 Å². The fourth-order valence-corrected chi connectivity index (χ4v) is 3.14. The Bertz CT molecular complexity index is 539. The second kappa shape index (κ2) is 5.13. The lowest BCUT2D eigenvalue weighted by Gasteiger charge is -2.51. The van der Waals surface area contributed by atoms with E-state index in [0.29, 0.717) is 18.1 Å². The van der Waals surface area contributed by atoms with Gasteiger partial charge in [0, 0.05) is 37.1 Å². The molecule has 0 saturated heterocycles. The van der Waals surface area contributed by atoms with Crippen LogP contribution in [0.4, 0.5) is 11.6 Å². The maximum absolute atomic E-state index is 5.53. The smallest absolute Gasteiger partial charge is 0.136 e. The number of ether oxygens (including phenoxy) is 1. The predicted octanol–water partition coefficient (Wildman–Crippen LogP) is 2.93. The van der Waals surface area contributed by atoms with E-state index in [4.69, 9.17) is 9.72 Å². The number of nitrogens with zero attached hydrogens (tertiary/aromatic N) is 2. The van der Waals surface area contributed by atoms with Gasteiger partial charge in [-0.25, -0.2) is 9.97 Å². The lowest BCUT2D eigenvalue weighted by molar-refractivity contribution is -0.0795. The Labute approximate surface area is 126 Å². The molecule has 2 aliphatic carbocycles. The van der Waals surface area contributed by atoms with Crippen molar-refractivity contribution >= 4 is 11.6 Å². The van der Waals surface area contributed by atoms with E-state index in [-0.39, 0.29) is 5.41 Å². The van der Waals surface area contributed by atoms with Gasteiger partial charge in [-0.15, -0.1) is 0 Å². The van der Waals surface area contributed by atoms with Crippen LogP contribution in [0.5, 0.6) is 0 Å². The molecule has 5 nitrogen and oxygen atoms in total. The monoisotopic (exact) mass is 290 g/mol. The van der Waals surface area contributed by atoms with Crippen LogP contribution in [0.2, 0.25) is 0 Å². The van der Waals surface area contributed by atoms with Crippen LogP contribution in [-0.2, 0) is 4.74 Å². The number of hydrogen-bond donors (Lipinski definition) is 2. The van der Waals surface area contributed by atoms with E-state index in [2.05, 4.69) is 36.4 Å². The Morgan fingerprint density at radius 3 is 2.38 bits per heavy atom. The summed E-state index contributed by atoms with van der Waals surface area (Å²) >= 11 is 0. The van der Waals surface area contributed by atoms with E-state index in [1.54, 1.807) is 7.11 Å². The fraction of sp³-hybridized carbons (Fsp3) is 0.750. The van der Waals surface area contributed by atoms with Gasteiger partial charge in [-0.3, -0.25) is 0 Å². The van der Waals surface area contributed by atoms with Gasteiger partial charge in [-0.05, 0) is 26.2 Å². The molecule has 0 aliphatic heterocycles. The quantitative estimate of drug-likeness (QED) is 0.873. The second-order valence-electron chi connectivity index (χ2n) is 6.91. The Morgan fingerprint density at radius 2 is 1.86 bits per heavy atom. The third-order valence-electron chi connectivity index (χ3n) is 5.12. The summed E-state index contributed by atoms with van der Waals surface area (Å²) in [5.41, 5.74) is 1.23. The fourth-order valence-electron chi connectivity index (χ4n) is 3.14. The highest BCUT2D eigenvalue weighted by atomic mass is 16.5. The summed E-state index contributed by atoms with van der Waals surface area (Å²) in [6, 6.07) is 0.396. The van der Waals surface area contributed by atoms with E-state index in [9.17, 15) is 0 Å².